The Kier molecular flexibility index (Phi) is 10.6. The fourth-order valence-corrected chi connectivity index (χ4v) is 1.11. The summed E-state index contributed by atoms with van der Waals surface area (Å²) in [5.41, 5.74) is 0. The molecule has 0 aromatic rings. The lowest BCUT2D eigenvalue weighted by atomic mass is 10.2. The number of rotatable bonds is 8. The van der Waals surface area contributed by atoms with Crippen LogP contribution in [0.3, 0.4) is 0 Å². The highest BCUT2D eigenvalue weighted by molar-refractivity contribution is 7.24. The number of nitrogens with one attached hydrogen (secondary N) is 1. The number of hydrogen-bond acceptors (Lipinski definition) is 3. The van der Waals surface area contributed by atoms with Crippen molar-refractivity contribution in [1.82, 2.24) is 5.32 Å². The molecule has 0 bridgehead atoms. The molecule has 0 radical (unpaired) electrons. The van der Waals surface area contributed by atoms with Gasteiger partial charge in [0.1, 0.15) is 0 Å². The van der Waals surface area contributed by atoms with E-state index < -0.39 is 0 Å². The molecule has 0 saturated heterocycles. The fourth-order valence-electron chi connectivity index (χ4n) is 0.875. The molecule has 0 aromatic heterocycles. The monoisotopic (exact) mass is 179 g/mol. The molecule has 0 fully saturated rings. The lowest BCUT2D eigenvalue weighted by Crippen LogP contribution is -2.06. The van der Waals surface area contributed by atoms with Crippen LogP contribution in [0.15, 0.2) is 0 Å². The van der Waals surface area contributed by atoms with Gasteiger partial charge in [-0.15, -0.1) is 0 Å². The summed E-state index contributed by atoms with van der Waals surface area (Å²) < 4.78 is 4.81. The van der Waals surface area contributed by atoms with Crippen LogP contribution in [0.4, 0.5) is 0 Å². The Morgan fingerprint density at radius 2 is 2.00 bits per heavy atom. The van der Waals surface area contributed by atoms with E-state index in [9.17, 15) is 0 Å². The highest BCUT2D eigenvalue weighted by atomic mass is 31.1. The minimum atomic E-state index is -0.342. The molecule has 1 unspecified atom stereocenters. The molecule has 11 heavy (non-hydrogen) atoms. The molecular formula is C7H18NO2P. The molecule has 0 rings (SSSR count). The van der Waals surface area contributed by atoms with Gasteiger partial charge in [-0.2, -0.15) is 0 Å². The van der Waals surface area contributed by atoms with Crippen LogP contribution in [0.2, 0.25) is 0 Å². The summed E-state index contributed by atoms with van der Waals surface area (Å²) in [5, 5.41) is 3.10. The van der Waals surface area contributed by atoms with Gasteiger partial charge in [0.05, 0.1) is 6.61 Å². The summed E-state index contributed by atoms with van der Waals surface area (Å²) in [4.78, 5) is 8.30. The first-order valence-electron chi connectivity index (χ1n) is 4.07. The Bertz CT molecular complexity index is 65.5. The summed E-state index contributed by atoms with van der Waals surface area (Å²) in [6.07, 6.45) is 4.75. The lowest BCUT2D eigenvalue weighted by Gasteiger charge is -2.00. The van der Waals surface area contributed by atoms with E-state index in [4.69, 9.17) is 9.42 Å². The lowest BCUT2D eigenvalue weighted by molar-refractivity contribution is 0.313. The van der Waals surface area contributed by atoms with Crippen LogP contribution in [-0.2, 0) is 4.52 Å². The van der Waals surface area contributed by atoms with Crippen LogP contribution in [0, 0.1) is 0 Å². The topological polar surface area (TPSA) is 41.5 Å². The van der Waals surface area contributed by atoms with E-state index >= 15 is 0 Å². The predicted octanol–water partition coefficient (Wildman–Crippen LogP) is 1.28. The minimum absolute atomic E-state index is 0.342. The van der Waals surface area contributed by atoms with Crippen molar-refractivity contribution in [3.8, 4) is 0 Å². The zero-order valence-electron chi connectivity index (χ0n) is 7.10. The minimum Gasteiger partial charge on any atom is -0.352 e. The van der Waals surface area contributed by atoms with Crippen molar-refractivity contribution in [1.29, 1.82) is 0 Å². The maximum Gasteiger partial charge on any atom is 0.152 e. The summed E-state index contributed by atoms with van der Waals surface area (Å²) in [5.74, 6) is 0. The molecule has 2 N–H and O–H groups in total. The van der Waals surface area contributed by atoms with Crippen LogP contribution >= 0.6 is 9.03 Å². The van der Waals surface area contributed by atoms with Crippen molar-refractivity contribution in [3.63, 3.8) is 0 Å². The molecule has 0 heterocycles. The van der Waals surface area contributed by atoms with Gasteiger partial charge in [0.15, 0.2) is 9.03 Å². The molecular weight excluding hydrogens is 161 g/mol. The predicted molar refractivity (Wildman–Crippen MR) is 48.9 cm³/mol. The molecule has 4 heteroatoms. The van der Waals surface area contributed by atoms with E-state index in [1.807, 2.05) is 7.05 Å². The van der Waals surface area contributed by atoms with Crippen molar-refractivity contribution in [2.24, 2.45) is 0 Å². The van der Waals surface area contributed by atoms with Gasteiger partial charge in [0, 0.05) is 0 Å². The molecule has 3 nitrogen and oxygen atoms in total. The molecule has 0 aromatic carbocycles. The molecule has 1 atom stereocenters. The van der Waals surface area contributed by atoms with E-state index in [0.717, 1.165) is 13.0 Å². The number of unbranched alkanes of at least 4 members (excludes halogenated alkanes) is 3. The van der Waals surface area contributed by atoms with Crippen molar-refractivity contribution >= 4 is 9.03 Å². The largest absolute Gasteiger partial charge is 0.352 e. The second-order valence-electron chi connectivity index (χ2n) is 2.46. The molecule has 0 saturated carbocycles. The second kappa shape index (κ2) is 10.3. The Morgan fingerprint density at radius 3 is 2.64 bits per heavy atom. The van der Waals surface area contributed by atoms with E-state index in [-0.39, 0.29) is 9.03 Å². The van der Waals surface area contributed by atoms with E-state index in [2.05, 4.69) is 5.32 Å². The van der Waals surface area contributed by atoms with Gasteiger partial charge in [0.25, 0.3) is 0 Å². The Hall–Kier alpha value is 0.310. The second-order valence-corrected chi connectivity index (χ2v) is 2.93. The van der Waals surface area contributed by atoms with Crippen LogP contribution < -0.4 is 5.32 Å². The average Bonchev–Trinajstić information content (AvgIpc) is 2.03. The Morgan fingerprint density at radius 1 is 1.27 bits per heavy atom. The smallest absolute Gasteiger partial charge is 0.152 e. The molecule has 0 spiro atoms. The summed E-state index contributed by atoms with van der Waals surface area (Å²) >= 11 is 0. The first-order chi connectivity index (χ1) is 5.41. The molecule has 68 valence electrons. The fraction of sp³-hybridized carbons (Fsp3) is 1.00. The third kappa shape index (κ3) is 10.3. The van der Waals surface area contributed by atoms with Gasteiger partial charge in [-0.05, 0) is 26.4 Å². The standard InChI is InChI=1S/C7H18NO2P/c1-8-6-4-2-3-5-7-10-11-9/h8-9,11H,2-7H2,1H3. The first kappa shape index (κ1) is 11.3. The summed E-state index contributed by atoms with van der Waals surface area (Å²) in [6, 6.07) is 0. The Labute approximate surface area is 70.5 Å². The van der Waals surface area contributed by atoms with Crippen molar-refractivity contribution < 1.29 is 9.42 Å². The van der Waals surface area contributed by atoms with Gasteiger partial charge >= 0.3 is 0 Å². The van der Waals surface area contributed by atoms with Gasteiger partial charge in [-0.1, -0.05) is 12.8 Å². The maximum atomic E-state index is 8.30. The van der Waals surface area contributed by atoms with Gasteiger partial charge in [-0.3, -0.25) is 0 Å². The van der Waals surface area contributed by atoms with Crippen molar-refractivity contribution in [2.45, 2.75) is 25.7 Å². The van der Waals surface area contributed by atoms with Gasteiger partial charge in [0.2, 0.25) is 0 Å². The maximum absolute atomic E-state index is 8.30. The van der Waals surface area contributed by atoms with E-state index in [1.54, 1.807) is 0 Å². The normalized spacial score (nSPS) is 11.5. The van der Waals surface area contributed by atoms with E-state index in [0.29, 0.717) is 6.61 Å². The first-order valence-corrected chi connectivity index (χ1v) is 4.93. The number of hydrogen-bond donors (Lipinski definition) is 2. The highest BCUT2D eigenvalue weighted by Gasteiger charge is 1.88. The van der Waals surface area contributed by atoms with E-state index in [1.165, 1.54) is 19.3 Å². The van der Waals surface area contributed by atoms with Crippen LogP contribution in [0.5, 0.6) is 0 Å². The van der Waals surface area contributed by atoms with Gasteiger partial charge in [-0.25, -0.2) is 0 Å². The van der Waals surface area contributed by atoms with Crippen molar-refractivity contribution in [2.75, 3.05) is 20.2 Å². The third-order valence-corrected chi connectivity index (χ3v) is 1.82. The third-order valence-electron chi connectivity index (χ3n) is 1.49. The van der Waals surface area contributed by atoms with Crippen LogP contribution in [-0.4, -0.2) is 25.1 Å². The average molecular weight is 179 g/mol. The van der Waals surface area contributed by atoms with Crippen molar-refractivity contribution in [3.05, 3.63) is 0 Å². The zero-order valence-corrected chi connectivity index (χ0v) is 8.10. The highest BCUT2D eigenvalue weighted by Crippen LogP contribution is 2.06. The molecule has 0 amide bonds. The Balaban J connectivity index is 2.69. The molecule has 0 aliphatic carbocycles. The summed E-state index contributed by atoms with van der Waals surface area (Å²) in [7, 11) is 1.63. The van der Waals surface area contributed by atoms with Gasteiger partial charge < -0.3 is 14.7 Å². The molecule has 0 aliphatic rings. The quantitative estimate of drug-likeness (QED) is 0.435. The summed E-state index contributed by atoms with van der Waals surface area (Å²) in [6.45, 7) is 1.80. The zero-order chi connectivity index (χ0) is 8.36. The SMILES string of the molecule is CNCCCCCCOPO. The van der Waals surface area contributed by atoms with Crippen LogP contribution in [0.1, 0.15) is 25.7 Å². The molecule has 0 aliphatic heterocycles. The van der Waals surface area contributed by atoms with Crippen LogP contribution in [0.25, 0.3) is 0 Å².